The van der Waals surface area contributed by atoms with E-state index in [9.17, 15) is 4.39 Å². The number of halogens is 2. The highest BCUT2D eigenvalue weighted by Gasteiger charge is 2.17. The molecule has 102 valence electrons. The molecule has 0 saturated carbocycles. The number of nitrogens with one attached hydrogen (secondary N) is 1. The van der Waals surface area contributed by atoms with Crippen LogP contribution in [0, 0.1) is 5.82 Å². The van der Waals surface area contributed by atoms with Gasteiger partial charge in [0.15, 0.2) is 0 Å². The lowest BCUT2D eigenvalue weighted by molar-refractivity contribution is 0.492. The van der Waals surface area contributed by atoms with Gasteiger partial charge in [0.05, 0.1) is 6.04 Å². The Labute approximate surface area is 116 Å². The van der Waals surface area contributed by atoms with Gasteiger partial charge in [-0.2, -0.15) is 0 Å². The van der Waals surface area contributed by atoms with E-state index in [1.807, 2.05) is 17.7 Å². The second-order valence-electron chi connectivity index (χ2n) is 4.22. The number of nitrogens with zero attached hydrogens (tertiary/aromatic N) is 2. The van der Waals surface area contributed by atoms with Gasteiger partial charge in [-0.1, -0.05) is 11.6 Å². The van der Waals surface area contributed by atoms with Gasteiger partial charge in [-0.05, 0) is 25.1 Å². The maximum absolute atomic E-state index is 13.8. The number of imidazole rings is 1. The number of nitrogens with two attached hydrogens (primary N) is 1. The van der Waals surface area contributed by atoms with Crippen molar-refractivity contribution in [1.82, 2.24) is 15.0 Å². The molecule has 1 atom stereocenters. The van der Waals surface area contributed by atoms with Gasteiger partial charge in [-0.3, -0.25) is 11.3 Å². The summed E-state index contributed by atoms with van der Waals surface area (Å²) < 4.78 is 15.8. The van der Waals surface area contributed by atoms with E-state index in [2.05, 4.69) is 10.4 Å². The number of aryl methyl sites for hydroxylation is 1. The van der Waals surface area contributed by atoms with Crippen molar-refractivity contribution < 1.29 is 4.39 Å². The zero-order valence-corrected chi connectivity index (χ0v) is 11.4. The quantitative estimate of drug-likeness (QED) is 0.654. The summed E-state index contributed by atoms with van der Waals surface area (Å²) in [7, 11) is 0. The van der Waals surface area contributed by atoms with Crippen LogP contribution in [-0.2, 0) is 13.0 Å². The van der Waals surface area contributed by atoms with Crippen LogP contribution in [-0.4, -0.2) is 9.55 Å². The third-order valence-electron chi connectivity index (χ3n) is 3.06. The Bertz CT molecular complexity index is 555. The average molecular weight is 283 g/mol. The minimum atomic E-state index is -0.369. The summed E-state index contributed by atoms with van der Waals surface area (Å²) in [5.74, 6) is 6.06. The van der Waals surface area contributed by atoms with Crippen LogP contribution in [0.15, 0.2) is 30.6 Å². The summed E-state index contributed by atoms with van der Waals surface area (Å²) in [4.78, 5) is 4.26. The van der Waals surface area contributed by atoms with Gasteiger partial charge in [0.25, 0.3) is 0 Å². The fourth-order valence-electron chi connectivity index (χ4n) is 2.04. The summed E-state index contributed by atoms with van der Waals surface area (Å²) in [5, 5.41) is 0.482. The van der Waals surface area contributed by atoms with Gasteiger partial charge in [0.1, 0.15) is 11.6 Å². The smallest absolute Gasteiger partial charge is 0.128 e. The molecule has 0 aliphatic heterocycles. The van der Waals surface area contributed by atoms with E-state index in [0.29, 0.717) is 17.0 Å². The highest BCUT2D eigenvalue weighted by molar-refractivity contribution is 6.30. The van der Waals surface area contributed by atoms with E-state index < -0.39 is 0 Å². The molecule has 0 fully saturated rings. The monoisotopic (exact) mass is 282 g/mol. The lowest BCUT2D eigenvalue weighted by Crippen LogP contribution is -2.31. The topological polar surface area (TPSA) is 55.9 Å². The number of hydrazine groups is 1. The summed E-state index contributed by atoms with van der Waals surface area (Å²) >= 11 is 5.90. The summed E-state index contributed by atoms with van der Waals surface area (Å²) in [6.45, 7) is 2.83. The molecule has 1 aromatic heterocycles. The van der Waals surface area contributed by atoms with E-state index in [4.69, 9.17) is 17.4 Å². The first kappa shape index (κ1) is 14.0. The predicted molar refractivity (Wildman–Crippen MR) is 73.1 cm³/mol. The molecule has 4 nitrogen and oxygen atoms in total. The van der Waals surface area contributed by atoms with Crippen LogP contribution in [0.4, 0.5) is 4.39 Å². The Balaban J connectivity index is 2.27. The van der Waals surface area contributed by atoms with Crippen molar-refractivity contribution >= 4 is 11.6 Å². The minimum Gasteiger partial charge on any atom is -0.335 e. The highest BCUT2D eigenvalue weighted by atomic mass is 35.5. The average Bonchev–Trinajstić information content (AvgIpc) is 2.86. The van der Waals surface area contributed by atoms with Gasteiger partial charge in [-0.15, -0.1) is 0 Å². The zero-order valence-electron chi connectivity index (χ0n) is 10.6. The number of aromatic nitrogens is 2. The van der Waals surface area contributed by atoms with Crippen molar-refractivity contribution in [1.29, 1.82) is 0 Å². The van der Waals surface area contributed by atoms with Crippen molar-refractivity contribution in [3.8, 4) is 0 Å². The van der Waals surface area contributed by atoms with Crippen molar-refractivity contribution in [2.24, 2.45) is 5.84 Å². The predicted octanol–water partition coefficient (Wildman–Crippen LogP) is 2.44. The van der Waals surface area contributed by atoms with Gasteiger partial charge < -0.3 is 4.57 Å². The third-order valence-corrected chi connectivity index (χ3v) is 3.30. The third kappa shape index (κ3) is 3.12. The maximum Gasteiger partial charge on any atom is 0.128 e. The lowest BCUT2D eigenvalue weighted by atomic mass is 10.0. The van der Waals surface area contributed by atoms with E-state index in [1.165, 1.54) is 12.1 Å². The van der Waals surface area contributed by atoms with Crippen LogP contribution < -0.4 is 11.3 Å². The van der Waals surface area contributed by atoms with Gasteiger partial charge in [0, 0.05) is 35.9 Å². The fourth-order valence-corrected chi connectivity index (χ4v) is 2.22. The van der Waals surface area contributed by atoms with E-state index in [-0.39, 0.29) is 11.9 Å². The summed E-state index contributed by atoms with van der Waals surface area (Å²) in [6, 6.07) is 4.07. The molecule has 0 amide bonds. The van der Waals surface area contributed by atoms with Crippen LogP contribution in [0.3, 0.4) is 0 Å². The molecule has 6 heteroatoms. The summed E-state index contributed by atoms with van der Waals surface area (Å²) in [5.41, 5.74) is 3.07. The molecule has 3 N–H and O–H groups in total. The van der Waals surface area contributed by atoms with Crippen LogP contribution >= 0.6 is 11.6 Å². The Kier molecular flexibility index (Phi) is 4.52. The van der Waals surface area contributed by atoms with E-state index >= 15 is 0 Å². The van der Waals surface area contributed by atoms with E-state index in [0.717, 1.165) is 12.4 Å². The van der Waals surface area contributed by atoms with Crippen LogP contribution in [0.1, 0.15) is 24.4 Å². The molecule has 0 bridgehead atoms. The Morgan fingerprint density at radius 1 is 1.53 bits per heavy atom. The normalized spacial score (nSPS) is 12.6. The van der Waals surface area contributed by atoms with Crippen LogP contribution in [0.2, 0.25) is 5.02 Å². The van der Waals surface area contributed by atoms with Crippen molar-refractivity contribution in [3.05, 3.63) is 52.8 Å². The standard InChI is InChI=1S/C13H16ClFN4/c1-2-19-6-5-17-13(19)8-12(18-16)10-7-9(14)3-4-11(10)15/h3-7,12,18H,2,8,16H2,1H3. The molecule has 0 radical (unpaired) electrons. The van der Waals surface area contributed by atoms with Crippen LogP contribution in [0.25, 0.3) is 0 Å². The Hall–Kier alpha value is -1.43. The second-order valence-corrected chi connectivity index (χ2v) is 4.66. The number of hydrogen-bond acceptors (Lipinski definition) is 3. The molecule has 1 aromatic carbocycles. The first-order valence-electron chi connectivity index (χ1n) is 6.06. The molecule has 19 heavy (non-hydrogen) atoms. The first-order chi connectivity index (χ1) is 9.15. The van der Waals surface area contributed by atoms with Crippen LogP contribution in [0.5, 0.6) is 0 Å². The first-order valence-corrected chi connectivity index (χ1v) is 6.44. The largest absolute Gasteiger partial charge is 0.335 e. The van der Waals surface area contributed by atoms with Crippen molar-refractivity contribution in [2.45, 2.75) is 25.9 Å². The molecule has 2 rings (SSSR count). The zero-order chi connectivity index (χ0) is 13.8. The molecule has 2 aromatic rings. The van der Waals surface area contributed by atoms with E-state index in [1.54, 1.807) is 12.3 Å². The maximum atomic E-state index is 13.8. The van der Waals surface area contributed by atoms with Gasteiger partial charge in [0.2, 0.25) is 0 Å². The molecule has 0 spiro atoms. The van der Waals surface area contributed by atoms with Gasteiger partial charge in [-0.25, -0.2) is 9.37 Å². The molecule has 1 unspecified atom stereocenters. The SMILES string of the molecule is CCn1ccnc1CC(NN)c1cc(Cl)ccc1F. The highest BCUT2D eigenvalue weighted by Crippen LogP contribution is 2.23. The molecule has 1 heterocycles. The Morgan fingerprint density at radius 2 is 2.32 bits per heavy atom. The number of rotatable bonds is 5. The minimum absolute atomic E-state index is 0.332. The lowest BCUT2D eigenvalue weighted by Gasteiger charge is -2.17. The molecular weight excluding hydrogens is 267 g/mol. The van der Waals surface area contributed by atoms with Crippen molar-refractivity contribution in [2.75, 3.05) is 0 Å². The molecule has 0 aliphatic carbocycles. The number of benzene rings is 1. The second kappa shape index (κ2) is 6.14. The fraction of sp³-hybridized carbons (Fsp3) is 0.308. The molecule has 0 aliphatic rings. The van der Waals surface area contributed by atoms with Crippen molar-refractivity contribution in [3.63, 3.8) is 0 Å². The Morgan fingerprint density at radius 3 is 3.00 bits per heavy atom. The number of hydrogen-bond donors (Lipinski definition) is 2. The van der Waals surface area contributed by atoms with Gasteiger partial charge >= 0.3 is 0 Å². The molecular formula is C13H16ClFN4. The summed E-state index contributed by atoms with van der Waals surface area (Å²) in [6.07, 6.45) is 4.10. The molecule has 0 saturated heterocycles.